The number of halogens is 2. The van der Waals surface area contributed by atoms with E-state index in [9.17, 15) is 8.78 Å². The van der Waals surface area contributed by atoms with Gasteiger partial charge in [0.1, 0.15) is 0 Å². The predicted molar refractivity (Wildman–Crippen MR) is 109 cm³/mol. The Balaban J connectivity index is 1.32. The first-order chi connectivity index (χ1) is 13.7. The van der Waals surface area contributed by atoms with E-state index in [0.29, 0.717) is 24.2 Å². The summed E-state index contributed by atoms with van der Waals surface area (Å²) in [5, 5.41) is 0. The summed E-state index contributed by atoms with van der Waals surface area (Å²) < 4.78 is 36.9. The zero-order valence-electron chi connectivity index (χ0n) is 17.7. The molecule has 0 atom stereocenters. The SMILES string of the molecule is CCCCCC1CCC(C2COC(C3CCC(CC=C(F)F)CC3)OC2)CC1. The minimum Gasteiger partial charge on any atom is -0.352 e. The van der Waals surface area contributed by atoms with Crippen LogP contribution in [0.25, 0.3) is 0 Å². The second-order valence-corrected chi connectivity index (χ2v) is 9.58. The van der Waals surface area contributed by atoms with Crippen LogP contribution < -0.4 is 0 Å². The number of hydrogen-bond acceptors (Lipinski definition) is 2. The third kappa shape index (κ3) is 6.79. The van der Waals surface area contributed by atoms with Crippen LogP contribution in [-0.2, 0) is 9.47 Å². The summed E-state index contributed by atoms with van der Waals surface area (Å²) in [6, 6.07) is 0. The number of allylic oxidation sites excluding steroid dienone is 1. The molecule has 3 aliphatic rings. The fourth-order valence-electron chi connectivity index (χ4n) is 5.66. The van der Waals surface area contributed by atoms with Crippen molar-refractivity contribution in [1.82, 2.24) is 0 Å². The second kappa shape index (κ2) is 11.6. The predicted octanol–water partition coefficient (Wildman–Crippen LogP) is 7.34. The van der Waals surface area contributed by atoms with Crippen molar-refractivity contribution in [3.8, 4) is 0 Å². The Bertz CT molecular complexity index is 453. The minimum atomic E-state index is -1.54. The van der Waals surface area contributed by atoms with Crippen molar-refractivity contribution >= 4 is 0 Å². The average molecular weight is 399 g/mol. The fraction of sp³-hybridized carbons (Fsp3) is 0.917. The first-order valence-corrected chi connectivity index (χ1v) is 11.9. The molecule has 2 nitrogen and oxygen atoms in total. The summed E-state index contributed by atoms with van der Waals surface area (Å²) in [6.07, 6.45) is 15.2. The highest BCUT2D eigenvalue weighted by Gasteiger charge is 2.35. The van der Waals surface area contributed by atoms with Crippen molar-refractivity contribution in [3.63, 3.8) is 0 Å². The van der Waals surface area contributed by atoms with E-state index in [1.54, 1.807) is 0 Å². The summed E-state index contributed by atoms with van der Waals surface area (Å²) in [7, 11) is 0. The molecule has 0 amide bonds. The summed E-state index contributed by atoms with van der Waals surface area (Å²) in [4.78, 5) is 0. The molecule has 0 aromatic heterocycles. The molecule has 3 rings (SSSR count). The van der Waals surface area contributed by atoms with Crippen LogP contribution in [0.5, 0.6) is 0 Å². The molecule has 0 spiro atoms. The van der Waals surface area contributed by atoms with Crippen molar-refractivity contribution < 1.29 is 18.3 Å². The van der Waals surface area contributed by atoms with Crippen molar-refractivity contribution in [3.05, 3.63) is 12.2 Å². The van der Waals surface area contributed by atoms with Crippen LogP contribution in [0, 0.1) is 29.6 Å². The Labute approximate surface area is 170 Å². The quantitative estimate of drug-likeness (QED) is 0.398. The van der Waals surface area contributed by atoms with Gasteiger partial charge in [-0.1, -0.05) is 45.4 Å². The van der Waals surface area contributed by atoms with Gasteiger partial charge in [0.25, 0.3) is 6.08 Å². The molecule has 0 N–H and O–H groups in total. The third-order valence-electron chi connectivity index (χ3n) is 7.60. The fourth-order valence-corrected chi connectivity index (χ4v) is 5.66. The maximum absolute atomic E-state index is 12.3. The molecule has 0 aromatic carbocycles. The third-order valence-corrected chi connectivity index (χ3v) is 7.60. The van der Waals surface area contributed by atoms with Gasteiger partial charge in [-0.05, 0) is 68.8 Å². The molecule has 1 saturated heterocycles. The molecule has 3 fully saturated rings. The van der Waals surface area contributed by atoms with Crippen LogP contribution in [0.2, 0.25) is 0 Å². The summed E-state index contributed by atoms with van der Waals surface area (Å²) >= 11 is 0. The number of ether oxygens (including phenoxy) is 2. The zero-order chi connectivity index (χ0) is 19.8. The maximum Gasteiger partial charge on any atom is 0.266 e. The number of rotatable bonds is 8. The van der Waals surface area contributed by atoms with Crippen LogP contribution in [0.3, 0.4) is 0 Å². The number of unbranched alkanes of at least 4 members (excludes halogenated alkanes) is 2. The summed E-state index contributed by atoms with van der Waals surface area (Å²) in [5.74, 6) is 3.16. The van der Waals surface area contributed by atoms with Crippen molar-refractivity contribution in [1.29, 1.82) is 0 Å². The topological polar surface area (TPSA) is 18.5 Å². The van der Waals surface area contributed by atoms with Crippen LogP contribution in [0.15, 0.2) is 12.2 Å². The summed E-state index contributed by atoms with van der Waals surface area (Å²) in [6.45, 7) is 3.99. The lowest BCUT2D eigenvalue weighted by atomic mass is 9.74. The van der Waals surface area contributed by atoms with Gasteiger partial charge in [-0.15, -0.1) is 0 Å². The van der Waals surface area contributed by atoms with Gasteiger partial charge in [0.2, 0.25) is 0 Å². The molecular formula is C24H40F2O2. The number of hydrogen-bond donors (Lipinski definition) is 0. The van der Waals surface area contributed by atoms with E-state index < -0.39 is 6.08 Å². The van der Waals surface area contributed by atoms with Crippen LogP contribution >= 0.6 is 0 Å². The van der Waals surface area contributed by atoms with Gasteiger partial charge in [-0.3, -0.25) is 0 Å². The molecule has 2 aliphatic carbocycles. The lowest BCUT2D eigenvalue weighted by Gasteiger charge is -2.41. The monoisotopic (exact) mass is 398 g/mol. The van der Waals surface area contributed by atoms with Gasteiger partial charge >= 0.3 is 0 Å². The maximum atomic E-state index is 12.3. The standard InChI is InChI=1S/C24H40F2O2/c1-2-3-4-5-18-6-11-20(12-7-18)22-16-27-24(28-17-22)21-13-8-19(9-14-21)10-15-23(25)26/h15,18-22,24H,2-14,16-17H2,1H3. The van der Waals surface area contributed by atoms with Gasteiger partial charge in [0.05, 0.1) is 13.2 Å². The van der Waals surface area contributed by atoms with E-state index in [1.165, 1.54) is 51.4 Å². The highest BCUT2D eigenvalue weighted by atomic mass is 19.3. The van der Waals surface area contributed by atoms with Gasteiger partial charge in [-0.25, -0.2) is 0 Å². The Kier molecular flexibility index (Phi) is 9.23. The van der Waals surface area contributed by atoms with Gasteiger partial charge in [0, 0.05) is 11.8 Å². The van der Waals surface area contributed by atoms with E-state index in [2.05, 4.69) is 6.92 Å². The normalized spacial score (nSPS) is 36.8. The molecule has 28 heavy (non-hydrogen) atoms. The molecule has 1 heterocycles. The largest absolute Gasteiger partial charge is 0.352 e. The molecule has 0 aromatic rings. The van der Waals surface area contributed by atoms with Crippen molar-refractivity contribution in [2.75, 3.05) is 13.2 Å². The van der Waals surface area contributed by atoms with Gasteiger partial charge < -0.3 is 9.47 Å². The second-order valence-electron chi connectivity index (χ2n) is 9.58. The van der Waals surface area contributed by atoms with E-state index in [1.807, 2.05) is 0 Å². The van der Waals surface area contributed by atoms with Crippen LogP contribution in [0.1, 0.15) is 90.4 Å². The molecule has 2 saturated carbocycles. The molecule has 0 unspecified atom stereocenters. The van der Waals surface area contributed by atoms with Crippen molar-refractivity contribution in [2.45, 2.75) is 96.7 Å². The van der Waals surface area contributed by atoms with E-state index in [-0.39, 0.29) is 6.29 Å². The van der Waals surface area contributed by atoms with Crippen LogP contribution in [-0.4, -0.2) is 19.5 Å². The molecule has 0 radical (unpaired) electrons. The Morgan fingerprint density at radius 2 is 1.39 bits per heavy atom. The van der Waals surface area contributed by atoms with Crippen LogP contribution in [0.4, 0.5) is 8.78 Å². The van der Waals surface area contributed by atoms with E-state index in [0.717, 1.165) is 56.8 Å². The van der Waals surface area contributed by atoms with E-state index >= 15 is 0 Å². The average Bonchev–Trinajstić information content (AvgIpc) is 2.73. The smallest absolute Gasteiger partial charge is 0.266 e. The zero-order valence-corrected chi connectivity index (χ0v) is 17.7. The minimum absolute atomic E-state index is 0.0592. The van der Waals surface area contributed by atoms with Crippen molar-refractivity contribution in [2.24, 2.45) is 29.6 Å². The Hall–Kier alpha value is -0.480. The summed E-state index contributed by atoms with van der Waals surface area (Å²) in [5.41, 5.74) is 0. The van der Waals surface area contributed by atoms with Gasteiger partial charge in [-0.2, -0.15) is 8.78 Å². The highest BCUT2D eigenvalue weighted by Crippen LogP contribution is 2.40. The first kappa shape index (κ1) is 22.2. The molecule has 1 aliphatic heterocycles. The molecular weight excluding hydrogens is 358 g/mol. The first-order valence-electron chi connectivity index (χ1n) is 11.9. The lowest BCUT2D eigenvalue weighted by Crippen LogP contribution is -2.41. The highest BCUT2D eigenvalue weighted by molar-refractivity contribution is 4.86. The Morgan fingerprint density at radius 3 is 2.00 bits per heavy atom. The Morgan fingerprint density at radius 1 is 0.786 bits per heavy atom. The van der Waals surface area contributed by atoms with Gasteiger partial charge in [0.15, 0.2) is 6.29 Å². The lowest BCUT2D eigenvalue weighted by molar-refractivity contribution is -0.237. The molecule has 162 valence electrons. The van der Waals surface area contributed by atoms with E-state index in [4.69, 9.17) is 9.47 Å². The molecule has 4 heteroatoms. The molecule has 0 bridgehead atoms.